The summed E-state index contributed by atoms with van der Waals surface area (Å²) >= 11 is 0. The summed E-state index contributed by atoms with van der Waals surface area (Å²) in [4.78, 5) is 4.08. The minimum atomic E-state index is -3.06. The Hall–Kier alpha value is -1.46. The molecule has 0 radical (unpaired) electrons. The van der Waals surface area contributed by atoms with Crippen LogP contribution in [0.3, 0.4) is 0 Å². The first-order valence-electron chi connectivity index (χ1n) is 6.53. The van der Waals surface area contributed by atoms with Crippen LogP contribution in [0.1, 0.15) is 19.4 Å². The fourth-order valence-corrected chi connectivity index (χ4v) is 2.25. The number of aromatic nitrogens is 1. The lowest BCUT2D eigenvalue weighted by molar-refractivity contribution is 0.521. The fraction of sp³-hybridized carbons (Fsp3) is 0.400. The molecule has 0 fully saturated rings. The fourth-order valence-electron chi connectivity index (χ4n) is 1.88. The van der Waals surface area contributed by atoms with E-state index < -0.39 is 14.6 Å². The SMILES string of the molecule is CC(C)(CNCc1ccc2cnccc2c1)S(C)(=O)=O. The molecule has 2 aromatic rings. The molecule has 1 aromatic heterocycles. The summed E-state index contributed by atoms with van der Waals surface area (Å²) in [6.45, 7) is 4.56. The molecule has 0 aliphatic heterocycles. The first kappa shape index (κ1) is 14.9. The van der Waals surface area contributed by atoms with Crippen molar-refractivity contribution in [2.45, 2.75) is 25.1 Å². The standard InChI is InChI=1S/C15H20N2O2S/c1-15(2,20(3,18)19)11-17-9-12-4-5-14-10-16-7-6-13(14)8-12/h4-8,10,17H,9,11H2,1-3H3. The third kappa shape index (κ3) is 3.35. The predicted molar refractivity (Wildman–Crippen MR) is 82.4 cm³/mol. The molecule has 0 unspecified atom stereocenters. The number of benzene rings is 1. The number of nitrogens with one attached hydrogen (secondary N) is 1. The Morgan fingerprint density at radius 1 is 1.20 bits per heavy atom. The molecule has 5 heteroatoms. The van der Waals surface area contributed by atoms with Crippen LogP contribution in [0.5, 0.6) is 0 Å². The highest BCUT2D eigenvalue weighted by molar-refractivity contribution is 7.92. The van der Waals surface area contributed by atoms with Crippen molar-refractivity contribution in [1.82, 2.24) is 10.3 Å². The van der Waals surface area contributed by atoms with Crippen LogP contribution >= 0.6 is 0 Å². The van der Waals surface area contributed by atoms with E-state index >= 15 is 0 Å². The molecule has 1 heterocycles. The average molecular weight is 292 g/mol. The van der Waals surface area contributed by atoms with Gasteiger partial charge in [-0.15, -0.1) is 0 Å². The summed E-state index contributed by atoms with van der Waals surface area (Å²) < 4.78 is 22.5. The van der Waals surface area contributed by atoms with E-state index in [0.717, 1.165) is 16.3 Å². The van der Waals surface area contributed by atoms with Crippen LogP contribution in [0.25, 0.3) is 10.8 Å². The third-order valence-electron chi connectivity index (χ3n) is 3.59. The van der Waals surface area contributed by atoms with Gasteiger partial charge in [0.2, 0.25) is 0 Å². The lowest BCUT2D eigenvalue weighted by atomic mass is 10.1. The second-order valence-electron chi connectivity index (χ2n) is 5.69. The first-order valence-corrected chi connectivity index (χ1v) is 8.42. The Morgan fingerprint density at radius 2 is 1.95 bits per heavy atom. The topological polar surface area (TPSA) is 59.1 Å². The van der Waals surface area contributed by atoms with Gasteiger partial charge in [0, 0.05) is 37.1 Å². The van der Waals surface area contributed by atoms with Gasteiger partial charge in [-0.1, -0.05) is 12.1 Å². The van der Waals surface area contributed by atoms with Gasteiger partial charge in [0.1, 0.15) is 0 Å². The van der Waals surface area contributed by atoms with Crippen molar-refractivity contribution >= 4 is 20.6 Å². The van der Waals surface area contributed by atoms with Gasteiger partial charge in [0.05, 0.1) is 4.75 Å². The maximum Gasteiger partial charge on any atom is 0.153 e. The molecule has 4 nitrogen and oxygen atoms in total. The van der Waals surface area contributed by atoms with Gasteiger partial charge in [-0.25, -0.2) is 8.42 Å². The molecular formula is C15H20N2O2S. The summed E-state index contributed by atoms with van der Waals surface area (Å²) in [7, 11) is -3.06. The predicted octanol–water partition coefficient (Wildman–Crippen LogP) is 2.15. The van der Waals surface area contributed by atoms with Crippen LogP contribution in [0.15, 0.2) is 36.7 Å². The summed E-state index contributed by atoms with van der Waals surface area (Å²) in [5, 5.41) is 5.46. The van der Waals surface area contributed by atoms with E-state index in [4.69, 9.17) is 0 Å². The molecule has 1 aromatic carbocycles. The molecule has 20 heavy (non-hydrogen) atoms. The van der Waals surface area contributed by atoms with Crippen LogP contribution in [-0.2, 0) is 16.4 Å². The second-order valence-corrected chi connectivity index (χ2v) is 8.34. The lowest BCUT2D eigenvalue weighted by Crippen LogP contribution is -2.41. The van der Waals surface area contributed by atoms with Crippen LogP contribution in [0.2, 0.25) is 0 Å². The zero-order valence-corrected chi connectivity index (χ0v) is 12.9. The van der Waals surface area contributed by atoms with E-state index in [2.05, 4.69) is 16.4 Å². The Kier molecular flexibility index (Phi) is 4.11. The van der Waals surface area contributed by atoms with Gasteiger partial charge in [-0.2, -0.15) is 0 Å². The second kappa shape index (κ2) is 5.50. The number of pyridine rings is 1. The number of hydrogen-bond acceptors (Lipinski definition) is 4. The van der Waals surface area contributed by atoms with Crippen LogP contribution < -0.4 is 5.32 Å². The van der Waals surface area contributed by atoms with Gasteiger partial charge >= 0.3 is 0 Å². The summed E-state index contributed by atoms with van der Waals surface area (Å²) in [6.07, 6.45) is 4.88. The molecule has 2 rings (SSSR count). The largest absolute Gasteiger partial charge is 0.311 e. The Labute approximate surface area is 120 Å². The number of hydrogen-bond donors (Lipinski definition) is 1. The van der Waals surface area contributed by atoms with Crippen molar-refractivity contribution < 1.29 is 8.42 Å². The summed E-state index contributed by atoms with van der Waals surface area (Å²) in [5.41, 5.74) is 1.13. The maximum absolute atomic E-state index is 11.6. The maximum atomic E-state index is 11.6. The van der Waals surface area contributed by atoms with Crippen LogP contribution in [-0.4, -0.2) is 30.9 Å². The molecule has 0 saturated heterocycles. The molecular weight excluding hydrogens is 272 g/mol. The molecule has 0 amide bonds. The molecule has 0 aliphatic carbocycles. The van der Waals surface area contributed by atoms with Gasteiger partial charge in [0.25, 0.3) is 0 Å². The first-order chi connectivity index (χ1) is 9.29. The Bertz CT molecular complexity index is 709. The summed E-state index contributed by atoms with van der Waals surface area (Å²) in [6, 6.07) is 8.13. The van der Waals surface area contributed by atoms with Gasteiger partial charge < -0.3 is 5.32 Å². The van der Waals surface area contributed by atoms with Crippen molar-refractivity contribution in [1.29, 1.82) is 0 Å². The molecule has 1 N–H and O–H groups in total. The quantitative estimate of drug-likeness (QED) is 0.917. The molecule has 0 spiro atoms. The zero-order valence-electron chi connectivity index (χ0n) is 12.1. The van der Waals surface area contributed by atoms with Crippen molar-refractivity contribution in [3.05, 3.63) is 42.2 Å². The van der Waals surface area contributed by atoms with E-state index in [1.54, 1.807) is 20.0 Å². The van der Waals surface area contributed by atoms with Gasteiger partial charge in [-0.05, 0) is 36.9 Å². The third-order valence-corrected chi connectivity index (χ3v) is 5.74. The number of sulfone groups is 1. The van der Waals surface area contributed by atoms with Crippen molar-refractivity contribution in [3.63, 3.8) is 0 Å². The highest BCUT2D eigenvalue weighted by Gasteiger charge is 2.29. The van der Waals surface area contributed by atoms with Crippen molar-refractivity contribution in [3.8, 4) is 0 Å². The number of rotatable bonds is 5. The van der Waals surface area contributed by atoms with Crippen LogP contribution in [0.4, 0.5) is 0 Å². The Morgan fingerprint density at radius 3 is 2.65 bits per heavy atom. The van der Waals surface area contributed by atoms with Gasteiger partial charge in [0.15, 0.2) is 9.84 Å². The number of nitrogens with zero attached hydrogens (tertiary/aromatic N) is 1. The van der Waals surface area contributed by atoms with E-state index in [1.165, 1.54) is 6.26 Å². The normalized spacial score (nSPS) is 12.8. The minimum Gasteiger partial charge on any atom is -0.311 e. The molecule has 108 valence electrons. The lowest BCUT2D eigenvalue weighted by Gasteiger charge is -2.22. The zero-order chi connectivity index (χ0) is 14.8. The smallest absolute Gasteiger partial charge is 0.153 e. The highest BCUT2D eigenvalue weighted by atomic mass is 32.2. The van der Waals surface area contributed by atoms with E-state index in [0.29, 0.717) is 13.1 Å². The van der Waals surface area contributed by atoms with Gasteiger partial charge in [-0.3, -0.25) is 4.98 Å². The molecule has 0 aliphatic rings. The Balaban J connectivity index is 2.03. The average Bonchev–Trinajstić information content (AvgIpc) is 2.37. The van der Waals surface area contributed by atoms with E-state index in [9.17, 15) is 8.42 Å². The molecule has 0 atom stereocenters. The van der Waals surface area contributed by atoms with Crippen LogP contribution in [0, 0.1) is 0 Å². The minimum absolute atomic E-state index is 0.431. The monoisotopic (exact) mass is 292 g/mol. The number of fused-ring (bicyclic) bond motifs is 1. The van der Waals surface area contributed by atoms with E-state index in [1.807, 2.05) is 24.4 Å². The summed E-state index contributed by atoms with van der Waals surface area (Å²) in [5.74, 6) is 0. The van der Waals surface area contributed by atoms with E-state index in [-0.39, 0.29) is 0 Å². The molecule has 0 bridgehead atoms. The molecule has 0 saturated carbocycles. The van der Waals surface area contributed by atoms with Crippen molar-refractivity contribution in [2.24, 2.45) is 0 Å². The highest BCUT2D eigenvalue weighted by Crippen LogP contribution is 2.16. The van der Waals surface area contributed by atoms with Crippen molar-refractivity contribution in [2.75, 3.05) is 12.8 Å².